The van der Waals surface area contributed by atoms with Crippen molar-refractivity contribution in [2.45, 2.75) is 23.6 Å². The number of aromatic nitrogens is 2. The summed E-state index contributed by atoms with van der Waals surface area (Å²) in [7, 11) is -9.46. The number of fused-ring (bicyclic) bond motifs is 1. The Hall–Kier alpha value is -5.76. The van der Waals surface area contributed by atoms with Gasteiger partial charge >= 0.3 is 5.97 Å². The zero-order valence-electron chi connectivity index (χ0n) is 24.0. The van der Waals surface area contributed by atoms with Crippen LogP contribution in [0.1, 0.15) is 21.6 Å². The molecule has 1 aromatic heterocycles. The molecular formula is C28H22N6O11S2. The molecule has 0 fully saturated rings. The predicted molar refractivity (Wildman–Crippen MR) is 165 cm³/mol. The number of nitrogens with zero attached hydrogens (tertiary/aromatic N) is 5. The average Bonchev–Trinajstić information content (AvgIpc) is 3.33. The molecule has 47 heavy (non-hydrogen) atoms. The second kappa shape index (κ2) is 11.9. The highest BCUT2D eigenvalue weighted by Crippen LogP contribution is 2.43. The Bertz CT molecular complexity index is 2450. The minimum absolute atomic E-state index is 0.00688. The van der Waals surface area contributed by atoms with Gasteiger partial charge in [0.25, 0.3) is 25.8 Å². The third-order valence-corrected chi connectivity index (χ3v) is 8.64. The van der Waals surface area contributed by atoms with Crippen LogP contribution in [-0.4, -0.2) is 57.0 Å². The van der Waals surface area contributed by atoms with Gasteiger partial charge in [0, 0.05) is 5.39 Å². The lowest BCUT2D eigenvalue weighted by Crippen LogP contribution is -2.14. The van der Waals surface area contributed by atoms with Gasteiger partial charge in [-0.05, 0) is 85.0 Å². The molecule has 0 radical (unpaired) electrons. The number of H-pyrrole nitrogens is 1. The molecule has 6 N–H and O–H groups in total. The Balaban J connectivity index is 1.58. The van der Waals surface area contributed by atoms with Gasteiger partial charge in [0.05, 0.1) is 16.3 Å². The Labute approximate surface area is 264 Å². The first-order valence-electron chi connectivity index (χ1n) is 13.0. The zero-order valence-corrected chi connectivity index (χ0v) is 25.6. The summed E-state index contributed by atoms with van der Waals surface area (Å²) in [6.45, 7) is 3.49. The van der Waals surface area contributed by atoms with Gasteiger partial charge in [-0.2, -0.15) is 21.9 Å². The van der Waals surface area contributed by atoms with Crippen LogP contribution in [0.25, 0.3) is 16.5 Å². The van der Waals surface area contributed by atoms with Gasteiger partial charge in [-0.25, -0.2) is 9.48 Å². The maximum absolute atomic E-state index is 13.1. The number of rotatable bonds is 8. The Kier molecular flexibility index (Phi) is 8.24. The first-order chi connectivity index (χ1) is 22.0. The Morgan fingerprint density at radius 2 is 1.43 bits per heavy atom. The summed E-state index contributed by atoms with van der Waals surface area (Å²) in [6.07, 6.45) is 0. The number of benzene rings is 4. The Morgan fingerprint density at radius 3 is 2.04 bits per heavy atom. The summed E-state index contributed by atoms with van der Waals surface area (Å²) >= 11 is 0. The maximum atomic E-state index is 13.1. The smallest absolute Gasteiger partial charge is 0.356 e. The van der Waals surface area contributed by atoms with Crippen molar-refractivity contribution in [3.8, 4) is 17.2 Å². The molecule has 5 rings (SSSR count). The first kappa shape index (κ1) is 32.6. The summed E-state index contributed by atoms with van der Waals surface area (Å²) in [5.74, 6) is -2.60. The number of azo groups is 2. The fourth-order valence-corrected chi connectivity index (χ4v) is 5.52. The average molecular weight is 683 g/mol. The number of phenols is 2. The van der Waals surface area contributed by atoms with E-state index in [1.54, 1.807) is 13.8 Å². The van der Waals surface area contributed by atoms with Crippen molar-refractivity contribution in [1.82, 2.24) is 9.78 Å². The predicted octanol–water partition coefficient (Wildman–Crippen LogP) is 5.37. The summed E-state index contributed by atoms with van der Waals surface area (Å²) < 4.78 is 66.8. The van der Waals surface area contributed by atoms with Crippen LogP contribution in [0.15, 0.2) is 95.7 Å². The largest absolute Gasteiger partial charge is 0.506 e. The number of carboxylic acid groups (broad SMARTS) is 1. The summed E-state index contributed by atoms with van der Waals surface area (Å²) in [6, 6.07) is 12.0. The number of aromatic hydroxyl groups is 2. The van der Waals surface area contributed by atoms with Crippen LogP contribution in [0, 0.1) is 13.8 Å². The zero-order chi connectivity index (χ0) is 34.4. The van der Waals surface area contributed by atoms with Gasteiger partial charge in [0.1, 0.15) is 22.0 Å². The van der Waals surface area contributed by atoms with E-state index in [1.165, 1.54) is 30.3 Å². The van der Waals surface area contributed by atoms with E-state index in [0.717, 1.165) is 46.1 Å². The second-order valence-electron chi connectivity index (χ2n) is 10.0. The van der Waals surface area contributed by atoms with Crippen molar-refractivity contribution in [1.29, 1.82) is 0 Å². The minimum Gasteiger partial charge on any atom is -0.506 e. The summed E-state index contributed by atoms with van der Waals surface area (Å²) in [5.41, 5.74) is -1.55. The highest BCUT2D eigenvalue weighted by atomic mass is 32.2. The summed E-state index contributed by atoms with van der Waals surface area (Å²) in [4.78, 5) is 23.7. The van der Waals surface area contributed by atoms with E-state index in [1.807, 2.05) is 0 Å². The van der Waals surface area contributed by atoms with Crippen LogP contribution in [0.4, 0.5) is 22.7 Å². The van der Waals surface area contributed by atoms with Crippen LogP contribution in [0.3, 0.4) is 0 Å². The molecule has 0 bridgehead atoms. The van der Waals surface area contributed by atoms with Crippen LogP contribution in [-0.2, 0) is 20.2 Å². The molecule has 0 saturated heterocycles. The number of carbonyl (C=O) groups is 1. The standard InChI is InChI=1S/C28H22N6O11S2/c1-13-9-20(21(35)10-14(13)2)30-31-23-22(47(43,44)45)11-15-3-4-16(12-19(15)26(23)36)29-32-24-25(28(38)39)33-34(27(24)37)17-5-7-18(8-6-17)46(40,41)42/h3-12,33,35-36H,1-2H3,(H,38,39)(H,40,41,42)(H,43,44,45). The molecule has 4 aromatic carbocycles. The number of phenolic OH excluding ortho intramolecular Hbond substituents is 2. The molecule has 0 aliphatic heterocycles. The minimum atomic E-state index is -4.94. The molecule has 1 heterocycles. The highest BCUT2D eigenvalue weighted by Gasteiger charge is 2.24. The third-order valence-electron chi connectivity index (χ3n) is 6.90. The fraction of sp³-hybridized carbons (Fsp3) is 0.0714. The first-order valence-corrected chi connectivity index (χ1v) is 15.9. The molecule has 0 saturated carbocycles. The number of hydrogen-bond donors (Lipinski definition) is 6. The normalized spacial score (nSPS) is 12.4. The van der Waals surface area contributed by atoms with Crippen molar-refractivity contribution in [3.05, 3.63) is 87.8 Å². The van der Waals surface area contributed by atoms with Crippen LogP contribution < -0.4 is 5.56 Å². The van der Waals surface area contributed by atoms with E-state index >= 15 is 0 Å². The van der Waals surface area contributed by atoms with Gasteiger partial charge in [-0.15, -0.1) is 15.3 Å². The molecule has 0 spiro atoms. The number of aromatic amines is 1. The molecule has 242 valence electrons. The molecule has 19 heteroatoms. The van der Waals surface area contributed by atoms with Crippen molar-refractivity contribution in [3.63, 3.8) is 0 Å². The number of aryl methyl sites for hydroxylation is 2. The van der Waals surface area contributed by atoms with Crippen molar-refractivity contribution in [2.24, 2.45) is 20.5 Å². The molecule has 0 atom stereocenters. The molecule has 0 unspecified atom stereocenters. The van der Waals surface area contributed by atoms with E-state index < -0.39 is 64.4 Å². The molecule has 0 amide bonds. The monoisotopic (exact) mass is 682 g/mol. The number of hydrogen-bond acceptors (Lipinski definition) is 12. The van der Waals surface area contributed by atoms with Crippen molar-refractivity contribution in [2.75, 3.05) is 0 Å². The SMILES string of the molecule is Cc1cc(O)c(N=Nc2c(S(=O)(=O)O)cc3ccc(N=Nc4c(C(=O)O)[nH]n(-c5ccc(S(=O)(=O)O)cc5)c4=O)cc3c2O)cc1C. The van der Waals surface area contributed by atoms with Gasteiger partial charge in [0.15, 0.2) is 17.1 Å². The molecular weight excluding hydrogens is 660 g/mol. The third kappa shape index (κ3) is 6.49. The van der Waals surface area contributed by atoms with Crippen molar-refractivity contribution < 1.29 is 46.1 Å². The number of nitrogens with one attached hydrogen (secondary N) is 1. The van der Waals surface area contributed by atoms with Gasteiger partial charge in [-0.3, -0.25) is 19.0 Å². The highest BCUT2D eigenvalue weighted by molar-refractivity contribution is 7.86. The molecule has 17 nitrogen and oxygen atoms in total. The summed E-state index contributed by atoms with van der Waals surface area (Å²) in [5, 5.41) is 48.7. The van der Waals surface area contributed by atoms with Crippen LogP contribution >= 0.6 is 0 Å². The molecule has 0 aliphatic carbocycles. The number of aromatic carboxylic acids is 1. The van der Waals surface area contributed by atoms with Gasteiger partial charge in [-0.1, -0.05) is 6.07 Å². The van der Waals surface area contributed by atoms with E-state index in [9.17, 15) is 50.8 Å². The molecule has 5 aromatic rings. The fourth-order valence-electron chi connectivity index (χ4n) is 4.38. The number of carboxylic acids is 1. The lowest BCUT2D eigenvalue weighted by molar-refractivity contribution is 0.0690. The van der Waals surface area contributed by atoms with Gasteiger partial charge < -0.3 is 15.3 Å². The van der Waals surface area contributed by atoms with Crippen LogP contribution in [0.5, 0.6) is 11.5 Å². The Morgan fingerprint density at radius 1 is 0.787 bits per heavy atom. The van der Waals surface area contributed by atoms with Crippen LogP contribution in [0.2, 0.25) is 0 Å². The van der Waals surface area contributed by atoms with E-state index in [0.29, 0.717) is 0 Å². The topological polar surface area (TPSA) is 274 Å². The second-order valence-corrected chi connectivity index (χ2v) is 12.8. The van der Waals surface area contributed by atoms with E-state index in [-0.39, 0.29) is 33.6 Å². The lowest BCUT2D eigenvalue weighted by Gasteiger charge is -2.09. The van der Waals surface area contributed by atoms with Gasteiger partial charge in [0.2, 0.25) is 0 Å². The maximum Gasteiger partial charge on any atom is 0.356 e. The van der Waals surface area contributed by atoms with Crippen molar-refractivity contribution >= 4 is 59.7 Å². The molecule has 0 aliphatic rings. The lowest BCUT2D eigenvalue weighted by atomic mass is 10.1. The van der Waals surface area contributed by atoms with E-state index in [4.69, 9.17) is 0 Å². The van der Waals surface area contributed by atoms with E-state index in [2.05, 4.69) is 25.6 Å². The quantitative estimate of drug-likeness (QED) is 0.0894.